The Labute approximate surface area is 113 Å². The third-order valence-electron chi connectivity index (χ3n) is 2.97. The van der Waals surface area contributed by atoms with Crippen LogP contribution in [-0.4, -0.2) is 36.0 Å². The van der Waals surface area contributed by atoms with Gasteiger partial charge in [-0.3, -0.25) is 4.79 Å². The van der Waals surface area contributed by atoms with Crippen LogP contribution < -0.4 is 10.5 Å². The molecule has 4 nitrogen and oxygen atoms in total. The van der Waals surface area contributed by atoms with Crippen molar-refractivity contribution in [2.75, 3.05) is 14.2 Å². The van der Waals surface area contributed by atoms with E-state index in [1.165, 1.54) is 4.90 Å². The molecule has 5 heteroatoms. The average molecular weight is 266 g/mol. The van der Waals surface area contributed by atoms with Gasteiger partial charge in [-0.2, -0.15) is 0 Å². The monoisotopic (exact) mass is 266 g/mol. The summed E-state index contributed by atoms with van der Waals surface area (Å²) in [6, 6.07) is 5.06. The van der Waals surface area contributed by atoms with E-state index >= 15 is 0 Å². The smallest absolute Gasteiger partial charge is 0.254 e. The maximum atomic E-state index is 12.2. The molecule has 0 aliphatic heterocycles. The number of thiocarbonyl (C=S) groups is 1. The van der Waals surface area contributed by atoms with Gasteiger partial charge in [0, 0.05) is 12.6 Å². The third-order valence-corrected chi connectivity index (χ3v) is 3.31. The summed E-state index contributed by atoms with van der Waals surface area (Å²) in [7, 11) is 3.26. The summed E-state index contributed by atoms with van der Waals surface area (Å²) in [4.78, 5) is 14.0. The number of aryl methyl sites for hydroxylation is 1. The number of nitrogens with zero attached hydrogens (tertiary/aromatic N) is 1. The minimum Gasteiger partial charge on any atom is -0.496 e. The van der Waals surface area contributed by atoms with Gasteiger partial charge in [-0.1, -0.05) is 18.3 Å². The molecule has 0 spiro atoms. The summed E-state index contributed by atoms with van der Waals surface area (Å²) in [5.41, 5.74) is 7.09. The normalized spacial score (nSPS) is 11.8. The van der Waals surface area contributed by atoms with E-state index in [0.717, 1.165) is 5.56 Å². The van der Waals surface area contributed by atoms with E-state index in [1.807, 2.05) is 13.0 Å². The number of ether oxygens (including phenoxy) is 1. The molecule has 0 aliphatic carbocycles. The van der Waals surface area contributed by atoms with Gasteiger partial charge in [0.1, 0.15) is 5.75 Å². The maximum absolute atomic E-state index is 12.2. The van der Waals surface area contributed by atoms with Crippen molar-refractivity contribution in [3.8, 4) is 5.75 Å². The van der Waals surface area contributed by atoms with Crippen LogP contribution in [0.15, 0.2) is 18.2 Å². The standard InChI is InChI=1S/C13H18N2O2S/c1-8-5-6-10(7-11(8)17-4)13(16)15(3)9(2)12(14)18/h5-7,9H,1-4H3,(H2,14,18). The number of hydrogen-bond donors (Lipinski definition) is 1. The molecular formula is C13H18N2O2S. The van der Waals surface area contributed by atoms with Crippen molar-refractivity contribution in [2.45, 2.75) is 19.9 Å². The molecule has 1 amide bonds. The predicted octanol–water partition coefficient (Wildman–Crippen LogP) is 1.75. The molecule has 0 fully saturated rings. The fourth-order valence-electron chi connectivity index (χ4n) is 1.52. The molecule has 1 unspecified atom stereocenters. The number of carbonyl (C=O) groups excluding carboxylic acids is 1. The second kappa shape index (κ2) is 5.82. The van der Waals surface area contributed by atoms with Crippen LogP contribution in [0, 0.1) is 6.92 Å². The van der Waals surface area contributed by atoms with Crippen molar-refractivity contribution in [3.05, 3.63) is 29.3 Å². The van der Waals surface area contributed by atoms with Gasteiger partial charge in [-0.15, -0.1) is 0 Å². The second-order valence-corrected chi connectivity index (χ2v) is 4.65. The zero-order valence-electron chi connectivity index (χ0n) is 11.1. The van der Waals surface area contributed by atoms with E-state index in [1.54, 1.807) is 33.2 Å². The Morgan fingerprint density at radius 2 is 2.11 bits per heavy atom. The number of methoxy groups -OCH3 is 1. The highest BCUT2D eigenvalue weighted by molar-refractivity contribution is 7.80. The molecule has 0 bridgehead atoms. The lowest BCUT2D eigenvalue weighted by molar-refractivity contribution is 0.0778. The molecule has 1 aromatic rings. The van der Waals surface area contributed by atoms with Gasteiger partial charge in [0.25, 0.3) is 5.91 Å². The highest BCUT2D eigenvalue weighted by Crippen LogP contribution is 2.20. The first-order valence-electron chi connectivity index (χ1n) is 5.59. The van der Waals surface area contributed by atoms with Gasteiger partial charge < -0.3 is 15.4 Å². The van der Waals surface area contributed by atoms with Crippen molar-refractivity contribution in [1.29, 1.82) is 0 Å². The quantitative estimate of drug-likeness (QED) is 0.844. The van der Waals surface area contributed by atoms with Crippen LogP contribution >= 0.6 is 12.2 Å². The largest absolute Gasteiger partial charge is 0.496 e. The highest BCUT2D eigenvalue weighted by atomic mass is 32.1. The van der Waals surface area contributed by atoms with E-state index in [-0.39, 0.29) is 11.9 Å². The highest BCUT2D eigenvalue weighted by Gasteiger charge is 2.19. The van der Waals surface area contributed by atoms with E-state index in [0.29, 0.717) is 16.3 Å². The fraction of sp³-hybridized carbons (Fsp3) is 0.385. The number of carbonyl (C=O) groups is 1. The number of likely N-dealkylation sites (N-methyl/N-ethyl adjacent to an activating group) is 1. The lowest BCUT2D eigenvalue weighted by Gasteiger charge is -2.24. The molecule has 0 heterocycles. The summed E-state index contributed by atoms with van der Waals surface area (Å²) in [6.07, 6.45) is 0. The molecule has 0 radical (unpaired) electrons. The Bertz CT molecular complexity index is 474. The van der Waals surface area contributed by atoms with Crippen molar-refractivity contribution < 1.29 is 9.53 Å². The van der Waals surface area contributed by atoms with Crippen molar-refractivity contribution in [3.63, 3.8) is 0 Å². The fourth-order valence-corrected chi connectivity index (χ4v) is 1.68. The molecule has 1 rings (SSSR count). The van der Waals surface area contributed by atoms with Crippen LogP contribution in [0.5, 0.6) is 5.75 Å². The predicted molar refractivity (Wildman–Crippen MR) is 76.1 cm³/mol. The number of amides is 1. The van der Waals surface area contributed by atoms with Crippen LogP contribution in [0.3, 0.4) is 0 Å². The zero-order valence-corrected chi connectivity index (χ0v) is 11.9. The van der Waals surface area contributed by atoms with Gasteiger partial charge in [0.15, 0.2) is 0 Å². The Kier molecular flexibility index (Phi) is 4.67. The van der Waals surface area contributed by atoms with Crippen molar-refractivity contribution >= 4 is 23.1 Å². The first-order valence-corrected chi connectivity index (χ1v) is 6.00. The summed E-state index contributed by atoms with van der Waals surface area (Å²) < 4.78 is 5.20. The molecular weight excluding hydrogens is 248 g/mol. The number of benzene rings is 1. The van der Waals surface area contributed by atoms with E-state index in [4.69, 9.17) is 22.7 Å². The number of nitrogens with two attached hydrogens (primary N) is 1. The Balaban J connectivity index is 3.00. The first kappa shape index (κ1) is 14.4. The molecule has 1 aromatic carbocycles. The second-order valence-electron chi connectivity index (χ2n) is 4.18. The van der Waals surface area contributed by atoms with Crippen LogP contribution in [0.2, 0.25) is 0 Å². The molecule has 0 saturated heterocycles. The average Bonchev–Trinajstić information content (AvgIpc) is 2.36. The van der Waals surface area contributed by atoms with E-state index in [2.05, 4.69) is 0 Å². The summed E-state index contributed by atoms with van der Waals surface area (Å²) in [5, 5.41) is 0. The summed E-state index contributed by atoms with van der Waals surface area (Å²) in [5.74, 6) is 0.561. The SMILES string of the molecule is COc1cc(C(=O)N(C)C(C)C(N)=S)ccc1C. The van der Waals surface area contributed by atoms with Crippen LogP contribution in [0.4, 0.5) is 0 Å². The summed E-state index contributed by atoms with van der Waals surface area (Å²) >= 11 is 4.89. The van der Waals surface area contributed by atoms with Gasteiger partial charge >= 0.3 is 0 Å². The van der Waals surface area contributed by atoms with Gasteiger partial charge in [-0.05, 0) is 31.5 Å². The van der Waals surface area contributed by atoms with Gasteiger partial charge in [0.05, 0.1) is 18.1 Å². The van der Waals surface area contributed by atoms with Gasteiger partial charge in [-0.25, -0.2) is 0 Å². The molecule has 98 valence electrons. The lowest BCUT2D eigenvalue weighted by Crippen LogP contribution is -2.42. The third kappa shape index (κ3) is 2.98. The molecule has 1 atom stereocenters. The van der Waals surface area contributed by atoms with E-state index < -0.39 is 0 Å². The van der Waals surface area contributed by atoms with Crippen molar-refractivity contribution in [1.82, 2.24) is 4.90 Å². The molecule has 0 saturated carbocycles. The van der Waals surface area contributed by atoms with Crippen molar-refractivity contribution in [2.24, 2.45) is 5.73 Å². The minimum atomic E-state index is -0.278. The molecule has 2 N–H and O–H groups in total. The molecule has 0 aromatic heterocycles. The van der Waals surface area contributed by atoms with Crippen LogP contribution in [0.25, 0.3) is 0 Å². The molecule has 0 aliphatic rings. The maximum Gasteiger partial charge on any atom is 0.254 e. The van der Waals surface area contributed by atoms with Crippen LogP contribution in [-0.2, 0) is 0 Å². The molecule has 18 heavy (non-hydrogen) atoms. The van der Waals surface area contributed by atoms with Crippen LogP contribution in [0.1, 0.15) is 22.8 Å². The Morgan fingerprint density at radius 1 is 1.50 bits per heavy atom. The minimum absolute atomic E-state index is 0.131. The zero-order chi connectivity index (χ0) is 13.9. The lowest BCUT2D eigenvalue weighted by atomic mass is 10.1. The first-order chi connectivity index (χ1) is 8.38. The van der Waals surface area contributed by atoms with E-state index in [9.17, 15) is 4.79 Å². The number of hydrogen-bond acceptors (Lipinski definition) is 3. The Hall–Kier alpha value is -1.62. The topological polar surface area (TPSA) is 55.6 Å². The van der Waals surface area contributed by atoms with Gasteiger partial charge in [0.2, 0.25) is 0 Å². The Morgan fingerprint density at radius 3 is 2.61 bits per heavy atom. The summed E-state index contributed by atoms with van der Waals surface area (Å²) in [6.45, 7) is 3.72. The number of rotatable bonds is 4.